The Morgan fingerprint density at radius 3 is 2.32 bits per heavy atom. The van der Waals surface area contributed by atoms with E-state index in [1.165, 1.54) is 12.1 Å². The standard InChI is InChI=1S/C11H13NO5S2/c13-12(14)9-1-3-11(4-2-9)19(15,16)17-10-5-7-18-8-6-10/h1-4,10H,5-8H2. The van der Waals surface area contributed by atoms with Gasteiger partial charge in [0.25, 0.3) is 15.8 Å². The Morgan fingerprint density at radius 2 is 1.79 bits per heavy atom. The van der Waals surface area contributed by atoms with Crippen molar-refractivity contribution in [3.63, 3.8) is 0 Å². The number of nitro benzene ring substituents is 1. The molecule has 0 spiro atoms. The number of thioether (sulfide) groups is 1. The summed E-state index contributed by atoms with van der Waals surface area (Å²) in [5, 5.41) is 10.5. The monoisotopic (exact) mass is 303 g/mol. The molecule has 104 valence electrons. The fraction of sp³-hybridized carbons (Fsp3) is 0.455. The van der Waals surface area contributed by atoms with Gasteiger partial charge in [0.15, 0.2) is 0 Å². The van der Waals surface area contributed by atoms with Crippen molar-refractivity contribution in [1.82, 2.24) is 0 Å². The van der Waals surface area contributed by atoms with Crippen LogP contribution >= 0.6 is 11.8 Å². The number of nitro groups is 1. The molecule has 1 saturated heterocycles. The summed E-state index contributed by atoms with van der Waals surface area (Å²) in [6.07, 6.45) is 1.12. The Labute approximate surface area is 115 Å². The Hall–Kier alpha value is -1.12. The highest BCUT2D eigenvalue weighted by Gasteiger charge is 2.24. The van der Waals surface area contributed by atoms with Gasteiger partial charge in [0.2, 0.25) is 0 Å². The van der Waals surface area contributed by atoms with Gasteiger partial charge in [-0.2, -0.15) is 20.2 Å². The molecule has 1 aliphatic rings. The second-order valence-corrected chi connectivity index (χ2v) is 6.91. The predicted octanol–water partition coefficient (Wildman–Crippen LogP) is 2.20. The van der Waals surface area contributed by atoms with E-state index in [-0.39, 0.29) is 16.7 Å². The number of hydrogen-bond acceptors (Lipinski definition) is 6. The minimum absolute atomic E-state index is 0.0451. The molecule has 1 aromatic rings. The van der Waals surface area contributed by atoms with Gasteiger partial charge >= 0.3 is 0 Å². The summed E-state index contributed by atoms with van der Waals surface area (Å²) in [5.74, 6) is 1.78. The lowest BCUT2D eigenvalue weighted by atomic mass is 10.2. The minimum atomic E-state index is -3.83. The molecule has 6 nitrogen and oxygen atoms in total. The van der Waals surface area contributed by atoms with Gasteiger partial charge in [0, 0.05) is 12.1 Å². The first-order chi connectivity index (χ1) is 8.99. The van der Waals surface area contributed by atoms with Crippen LogP contribution in [0.25, 0.3) is 0 Å². The number of non-ortho nitro benzene ring substituents is 1. The molecular formula is C11H13NO5S2. The smallest absolute Gasteiger partial charge is 0.263 e. The van der Waals surface area contributed by atoms with Crippen molar-refractivity contribution in [3.8, 4) is 0 Å². The van der Waals surface area contributed by atoms with Crippen LogP contribution in [-0.4, -0.2) is 31.0 Å². The zero-order valence-electron chi connectivity index (χ0n) is 10.0. The van der Waals surface area contributed by atoms with Crippen molar-refractivity contribution in [2.75, 3.05) is 11.5 Å². The molecule has 1 heterocycles. The molecule has 0 aromatic heterocycles. The first-order valence-corrected chi connectivity index (χ1v) is 8.31. The summed E-state index contributed by atoms with van der Waals surface area (Å²) >= 11 is 1.78. The lowest BCUT2D eigenvalue weighted by Gasteiger charge is -2.21. The Balaban J connectivity index is 2.12. The van der Waals surface area contributed by atoms with Crippen LogP contribution < -0.4 is 0 Å². The number of rotatable bonds is 4. The Morgan fingerprint density at radius 1 is 1.21 bits per heavy atom. The fourth-order valence-corrected chi connectivity index (χ4v) is 3.94. The van der Waals surface area contributed by atoms with Crippen molar-refractivity contribution in [2.24, 2.45) is 0 Å². The van der Waals surface area contributed by atoms with Gasteiger partial charge in [-0.1, -0.05) is 0 Å². The highest BCUT2D eigenvalue weighted by molar-refractivity contribution is 7.99. The van der Waals surface area contributed by atoms with Gasteiger partial charge in [0.05, 0.1) is 15.9 Å². The van der Waals surface area contributed by atoms with Gasteiger partial charge < -0.3 is 0 Å². The third kappa shape index (κ3) is 3.68. The Bertz CT molecular complexity index is 549. The van der Waals surface area contributed by atoms with E-state index in [1.807, 2.05) is 0 Å². The van der Waals surface area contributed by atoms with E-state index in [0.29, 0.717) is 12.8 Å². The van der Waals surface area contributed by atoms with Gasteiger partial charge in [-0.05, 0) is 36.5 Å². The topological polar surface area (TPSA) is 86.5 Å². The summed E-state index contributed by atoms with van der Waals surface area (Å²) in [6, 6.07) is 4.72. The van der Waals surface area contributed by atoms with Crippen molar-refractivity contribution in [2.45, 2.75) is 23.8 Å². The van der Waals surface area contributed by atoms with Crippen molar-refractivity contribution >= 4 is 27.6 Å². The molecule has 1 fully saturated rings. The van der Waals surface area contributed by atoms with Crippen LogP contribution in [0.5, 0.6) is 0 Å². The molecule has 0 saturated carbocycles. The Kier molecular flexibility index (Phi) is 4.43. The highest BCUT2D eigenvalue weighted by Crippen LogP contribution is 2.24. The van der Waals surface area contributed by atoms with Crippen LogP contribution in [0.3, 0.4) is 0 Å². The molecule has 0 amide bonds. The molecular weight excluding hydrogens is 290 g/mol. The van der Waals surface area contributed by atoms with E-state index in [9.17, 15) is 18.5 Å². The second-order valence-electron chi connectivity index (χ2n) is 4.11. The van der Waals surface area contributed by atoms with Crippen LogP contribution in [-0.2, 0) is 14.3 Å². The maximum atomic E-state index is 12.0. The van der Waals surface area contributed by atoms with Crippen molar-refractivity contribution in [3.05, 3.63) is 34.4 Å². The quantitative estimate of drug-likeness (QED) is 0.481. The molecule has 0 N–H and O–H groups in total. The van der Waals surface area contributed by atoms with Crippen molar-refractivity contribution < 1.29 is 17.5 Å². The van der Waals surface area contributed by atoms with Crippen LogP contribution in [0.1, 0.15) is 12.8 Å². The summed E-state index contributed by atoms with van der Waals surface area (Å²) < 4.78 is 29.1. The maximum Gasteiger partial charge on any atom is 0.297 e. The van der Waals surface area contributed by atoms with Crippen LogP contribution in [0.15, 0.2) is 29.2 Å². The molecule has 1 aliphatic heterocycles. The zero-order valence-corrected chi connectivity index (χ0v) is 11.7. The van der Waals surface area contributed by atoms with Gasteiger partial charge in [-0.25, -0.2) is 0 Å². The molecule has 0 atom stereocenters. The van der Waals surface area contributed by atoms with E-state index in [4.69, 9.17) is 4.18 Å². The maximum absolute atomic E-state index is 12.0. The zero-order chi connectivity index (χ0) is 13.9. The summed E-state index contributed by atoms with van der Waals surface area (Å²) in [5.41, 5.74) is -0.145. The first kappa shape index (κ1) is 14.3. The average molecular weight is 303 g/mol. The lowest BCUT2D eigenvalue weighted by Crippen LogP contribution is -2.23. The number of hydrogen-bond donors (Lipinski definition) is 0. The summed E-state index contributed by atoms with van der Waals surface area (Å²) in [7, 11) is -3.83. The van der Waals surface area contributed by atoms with Crippen LogP contribution in [0.2, 0.25) is 0 Å². The molecule has 0 aliphatic carbocycles. The summed E-state index contributed by atoms with van der Waals surface area (Å²) in [4.78, 5) is 9.88. The predicted molar refractivity (Wildman–Crippen MR) is 71.7 cm³/mol. The number of nitrogens with zero attached hydrogens (tertiary/aromatic N) is 1. The van der Waals surface area contributed by atoms with E-state index >= 15 is 0 Å². The molecule has 19 heavy (non-hydrogen) atoms. The average Bonchev–Trinajstić information content (AvgIpc) is 2.39. The van der Waals surface area contributed by atoms with Crippen LogP contribution in [0, 0.1) is 10.1 Å². The number of benzene rings is 1. The summed E-state index contributed by atoms with van der Waals surface area (Å²) in [6.45, 7) is 0. The second kappa shape index (κ2) is 5.89. The van der Waals surface area contributed by atoms with E-state index < -0.39 is 15.0 Å². The largest absolute Gasteiger partial charge is 0.297 e. The third-order valence-electron chi connectivity index (χ3n) is 2.77. The molecule has 0 bridgehead atoms. The van der Waals surface area contributed by atoms with Crippen LogP contribution in [0.4, 0.5) is 5.69 Å². The molecule has 8 heteroatoms. The normalized spacial score (nSPS) is 17.3. The van der Waals surface area contributed by atoms with Gasteiger partial charge in [-0.3, -0.25) is 14.3 Å². The van der Waals surface area contributed by atoms with Crippen molar-refractivity contribution in [1.29, 1.82) is 0 Å². The van der Waals surface area contributed by atoms with E-state index in [2.05, 4.69) is 0 Å². The lowest BCUT2D eigenvalue weighted by molar-refractivity contribution is -0.384. The molecule has 1 aromatic carbocycles. The van der Waals surface area contributed by atoms with Gasteiger partial charge in [0.1, 0.15) is 0 Å². The fourth-order valence-electron chi connectivity index (χ4n) is 1.74. The first-order valence-electron chi connectivity index (χ1n) is 5.74. The SMILES string of the molecule is O=[N+]([O-])c1ccc(S(=O)(=O)OC2CCSCC2)cc1. The van der Waals surface area contributed by atoms with Gasteiger partial charge in [-0.15, -0.1) is 0 Å². The third-order valence-corrected chi connectivity index (χ3v) is 5.19. The minimum Gasteiger partial charge on any atom is -0.263 e. The molecule has 0 radical (unpaired) electrons. The highest BCUT2D eigenvalue weighted by atomic mass is 32.2. The molecule has 0 unspecified atom stereocenters. The molecule has 2 rings (SSSR count). The van der Waals surface area contributed by atoms with E-state index in [1.54, 1.807) is 11.8 Å². The van der Waals surface area contributed by atoms with E-state index in [0.717, 1.165) is 23.6 Å².